The maximum Gasteiger partial charge on any atom is 0.123 e. The lowest BCUT2D eigenvalue weighted by atomic mass is 10.0. The third-order valence-corrected chi connectivity index (χ3v) is 4.87. The fourth-order valence-electron chi connectivity index (χ4n) is 2.62. The lowest BCUT2D eigenvalue weighted by Gasteiger charge is -2.12. The van der Waals surface area contributed by atoms with E-state index < -0.39 is 0 Å². The highest BCUT2D eigenvalue weighted by molar-refractivity contribution is 7.11. The molecule has 0 unspecified atom stereocenters. The van der Waals surface area contributed by atoms with Crippen LogP contribution >= 0.6 is 11.3 Å². The van der Waals surface area contributed by atoms with Crippen LogP contribution < -0.4 is 5.32 Å². The first-order valence-electron chi connectivity index (χ1n) is 8.26. The van der Waals surface area contributed by atoms with Crippen LogP contribution in [0.1, 0.15) is 54.3 Å². The zero-order chi connectivity index (χ0) is 15.8. The molecule has 0 saturated carbocycles. The van der Waals surface area contributed by atoms with E-state index in [9.17, 15) is 4.39 Å². The highest BCUT2D eigenvalue weighted by Gasteiger charge is 2.05. The summed E-state index contributed by atoms with van der Waals surface area (Å²) in [4.78, 5) is 2.64. The Morgan fingerprint density at radius 3 is 2.59 bits per heavy atom. The largest absolute Gasteiger partial charge is 0.380 e. The van der Waals surface area contributed by atoms with E-state index in [2.05, 4.69) is 31.3 Å². The molecule has 0 amide bonds. The second-order valence-corrected chi connectivity index (χ2v) is 7.20. The average Bonchev–Trinajstić information content (AvgIpc) is 2.92. The molecule has 0 bridgehead atoms. The SMILES string of the molecule is CCCCCCCc1cc(F)ccc1NCc1ccc(C)s1. The maximum atomic E-state index is 13.5. The van der Waals surface area contributed by atoms with E-state index in [0.29, 0.717) is 0 Å². The first kappa shape index (κ1) is 17.0. The molecule has 2 rings (SSSR count). The standard InChI is InChI=1S/C19H26FNS/c1-3-4-5-6-7-8-16-13-17(20)10-12-19(16)21-14-18-11-9-15(2)22-18/h9-13,21H,3-8,14H2,1-2H3. The fraction of sp³-hybridized carbons (Fsp3) is 0.474. The number of nitrogens with one attached hydrogen (secondary N) is 1. The predicted octanol–water partition coefficient (Wildman–Crippen LogP) is 6.32. The number of thiophene rings is 1. The van der Waals surface area contributed by atoms with Crippen molar-refractivity contribution in [2.45, 2.75) is 58.9 Å². The van der Waals surface area contributed by atoms with Crippen LogP contribution in [-0.2, 0) is 13.0 Å². The number of unbranched alkanes of at least 4 members (excludes halogenated alkanes) is 4. The zero-order valence-electron chi connectivity index (χ0n) is 13.6. The van der Waals surface area contributed by atoms with Gasteiger partial charge < -0.3 is 5.32 Å². The number of rotatable bonds is 9. The van der Waals surface area contributed by atoms with E-state index in [-0.39, 0.29) is 5.82 Å². The summed E-state index contributed by atoms with van der Waals surface area (Å²) in [5.74, 6) is -0.138. The maximum absolute atomic E-state index is 13.5. The normalized spacial score (nSPS) is 10.9. The number of halogens is 1. The topological polar surface area (TPSA) is 12.0 Å². The fourth-order valence-corrected chi connectivity index (χ4v) is 3.45. The van der Waals surface area contributed by atoms with Crippen molar-refractivity contribution in [2.24, 2.45) is 0 Å². The van der Waals surface area contributed by atoms with E-state index in [4.69, 9.17) is 0 Å². The van der Waals surface area contributed by atoms with E-state index >= 15 is 0 Å². The zero-order valence-corrected chi connectivity index (χ0v) is 14.4. The van der Waals surface area contributed by atoms with Gasteiger partial charge in [-0.05, 0) is 55.7 Å². The molecule has 0 aliphatic carbocycles. The summed E-state index contributed by atoms with van der Waals surface area (Å²) in [6.45, 7) is 5.15. The Labute approximate surface area is 137 Å². The molecule has 120 valence electrons. The molecule has 1 N–H and O–H groups in total. The van der Waals surface area contributed by atoms with Crippen molar-refractivity contribution in [2.75, 3.05) is 5.32 Å². The minimum atomic E-state index is -0.138. The minimum absolute atomic E-state index is 0.138. The summed E-state index contributed by atoms with van der Waals surface area (Å²) in [5, 5.41) is 3.47. The quantitative estimate of drug-likeness (QED) is 0.533. The van der Waals surface area contributed by atoms with Gasteiger partial charge in [0.1, 0.15) is 5.82 Å². The summed E-state index contributed by atoms with van der Waals surface area (Å²) in [7, 11) is 0. The molecule has 3 heteroatoms. The van der Waals surface area contributed by atoms with Gasteiger partial charge in [-0.1, -0.05) is 32.6 Å². The molecule has 0 fully saturated rings. The lowest BCUT2D eigenvalue weighted by molar-refractivity contribution is 0.616. The Morgan fingerprint density at radius 1 is 1.05 bits per heavy atom. The van der Waals surface area contributed by atoms with Crippen molar-refractivity contribution >= 4 is 17.0 Å². The van der Waals surface area contributed by atoms with Gasteiger partial charge in [0, 0.05) is 22.0 Å². The Bertz CT molecular complexity index is 577. The highest BCUT2D eigenvalue weighted by atomic mass is 32.1. The highest BCUT2D eigenvalue weighted by Crippen LogP contribution is 2.22. The van der Waals surface area contributed by atoms with Crippen LogP contribution in [0, 0.1) is 12.7 Å². The molecular formula is C19H26FNS. The number of hydrogen-bond donors (Lipinski definition) is 1. The van der Waals surface area contributed by atoms with Gasteiger partial charge in [-0.25, -0.2) is 4.39 Å². The second-order valence-electron chi connectivity index (χ2n) is 5.83. The predicted molar refractivity (Wildman–Crippen MR) is 95.2 cm³/mol. The van der Waals surface area contributed by atoms with Crippen LogP contribution in [0.15, 0.2) is 30.3 Å². The van der Waals surface area contributed by atoms with Crippen molar-refractivity contribution in [3.63, 3.8) is 0 Å². The van der Waals surface area contributed by atoms with Crippen LogP contribution in [0.2, 0.25) is 0 Å². The summed E-state index contributed by atoms with van der Waals surface area (Å²) in [6, 6.07) is 9.39. The van der Waals surface area contributed by atoms with E-state index in [1.165, 1.54) is 35.4 Å². The van der Waals surface area contributed by atoms with Crippen molar-refractivity contribution in [3.05, 3.63) is 51.5 Å². The number of anilines is 1. The van der Waals surface area contributed by atoms with Crippen LogP contribution in [0.3, 0.4) is 0 Å². The molecule has 2 aromatic rings. The molecule has 22 heavy (non-hydrogen) atoms. The molecule has 1 aromatic heterocycles. The molecule has 0 spiro atoms. The summed E-state index contributed by atoms with van der Waals surface area (Å²) in [5.41, 5.74) is 2.17. The molecule has 0 aliphatic rings. The van der Waals surface area contributed by atoms with Crippen LogP contribution in [0.25, 0.3) is 0 Å². The molecular weight excluding hydrogens is 293 g/mol. The Morgan fingerprint density at radius 2 is 1.86 bits per heavy atom. The third-order valence-electron chi connectivity index (χ3n) is 3.87. The Hall–Kier alpha value is -1.35. The molecule has 1 heterocycles. The van der Waals surface area contributed by atoms with Gasteiger partial charge in [-0.2, -0.15) is 0 Å². The van der Waals surface area contributed by atoms with E-state index in [1.807, 2.05) is 6.07 Å². The molecule has 0 atom stereocenters. The Balaban J connectivity index is 1.91. The summed E-state index contributed by atoms with van der Waals surface area (Å²) in [6.07, 6.45) is 7.15. The first-order valence-corrected chi connectivity index (χ1v) is 9.08. The van der Waals surface area contributed by atoms with Gasteiger partial charge in [0.25, 0.3) is 0 Å². The number of benzene rings is 1. The number of aryl methyl sites for hydroxylation is 2. The molecule has 1 aromatic carbocycles. The van der Waals surface area contributed by atoms with Gasteiger partial charge in [0.2, 0.25) is 0 Å². The monoisotopic (exact) mass is 319 g/mol. The van der Waals surface area contributed by atoms with Crippen molar-refractivity contribution in [1.29, 1.82) is 0 Å². The second kappa shape index (κ2) is 8.94. The first-order chi connectivity index (χ1) is 10.7. The van der Waals surface area contributed by atoms with E-state index in [0.717, 1.165) is 30.6 Å². The van der Waals surface area contributed by atoms with Crippen LogP contribution in [-0.4, -0.2) is 0 Å². The van der Waals surface area contributed by atoms with E-state index in [1.54, 1.807) is 23.5 Å². The van der Waals surface area contributed by atoms with Gasteiger partial charge in [0.15, 0.2) is 0 Å². The third kappa shape index (κ3) is 5.45. The lowest BCUT2D eigenvalue weighted by Crippen LogP contribution is -2.02. The van der Waals surface area contributed by atoms with Gasteiger partial charge in [-0.15, -0.1) is 11.3 Å². The summed E-state index contributed by atoms with van der Waals surface area (Å²) < 4.78 is 13.5. The van der Waals surface area contributed by atoms with Gasteiger partial charge >= 0.3 is 0 Å². The summed E-state index contributed by atoms with van der Waals surface area (Å²) >= 11 is 1.81. The molecule has 0 aliphatic heterocycles. The minimum Gasteiger partial charge on any atom is -0.380 e. The van der Waals surface area contributed by atoms with Gasteiger partial charge in [0.05, 0.1) is 0 Å². The van der Waals surface area contributed by atoms with Crippen LogP contribution in [0.4, 0.5) is 10.1 Å². The average molecular weight is 319 g/mol. The Kier molecular flexibility index (Phi) is 6.91. The van der Waals surface area contributed by atoms with Crippen molar-refractivity contribution < 1.29 is 4.39 Å². The smallest absolute Gasteiger partial charge is 0.123 e. The van der Waals surface area contributed by atoms with Crippen molar-refractivity contribution in [1.82, 2.24) is 0 Å². The van der Waals surface area contributed by atoms with Crippen molar-refractivity contribution in [3.8, 4) is 0 Å². The van der Waals surface area contributed by atoms with Gasteiger partial charge in [-0.3, -0.25) is 0 Å². The molecule has 0 radical (unpaired) electrons. The van der Waals surface area contributed by atoms with Crippen LogP contribution in [0.5, 0.6) is 0 Å². The number of hydrogen-bond acceptors (Lipinski definition) is 2. The molecule has 0 saturated heterocycles. The molecule has 1 nitrogen and oxygen atoms in total.